The Bertz CT molecular complexity index is 775. The van der Waals surface area contributed by atoms with Gasteiger partial charge in [0.25, 0.3) is 0 Å². The highest BCUT2D eigenvalue weighted by atomic mass is 32.2. The number of benzene rings is 1. The summed E-state index contributed by atoms with van der Waals surface area (Å²) in [6.07, 6.45) is 2.48. The van der Waals surface area contributed by atoms with Crippen LogP contribution in [0.2, 0.25) is 0 Å². The topological polar surface area (TPSA) is 80.0 Å². The van der Waals surface area contributed by atoms with E-state index in [4.69, 9.17) is 5.73 Å². The summed E-state index contributed by atoms with van der Waals surface area (Å²) in [5.41, 5.74) is 9.75. The molecule has 4 N–H and O–H groups in total. The number of nitrogens with one attached hydrogen (secondary N) is 2. The molecule has 1 aromatic heterocycles. The van der Waals surface area contributed by atoms with E-state index in [1.807, 2.05) is 36.4 Å². The second-order valence-corrected chi connectivity index (χ2v) is 6.85. The Morgan fingerprint density at radius 2 is 2.25 bits per heavy atom. The summed E-state index contributed by atoms with van der Waals surface area (Å²) in [5, 5.41) is 8.29. The van der Waals surface area contributed by atoms with Gasteiger partial charge in [-0.25, -0.2) is 4.98 Å². The Hall–Kier alpha value is -2.47. The van der Waals surface area contributed by atoms with Gasteiger partial charge in [0.05, 0.1) is 10.9 Å². The van der Waals surface area contributed by atoms with Crippen molar-refractivity contribution in [3.05, 3.63) is 59.1 Å². The highest BCUT2D eigenvalue weighted by Gasteiger charge is 2.23. The van der Waals surface area contributed by atoms with E-state index in [1.54, 1.807) is 18.0 Å². The minimum Gasteiger partial charge on any atom is -0.382 e. The zero-order valence-electron chi connectivity index (χ0n) is 13.5. The van der Waals surface area contributed by atoms with Gasteiger partial charge in [0, 0.05) is 18.4 Å². The monoisotopic (exact) mass is 340 g/mol. The van der Waals surface area contributed by atoms with Crippen LogP contribution >= 0.6 is 11.8 Å². The Morgan fingerprint density at radius 1 is 1.38 bits per heavy atom. The SMILES string of the molecule is CC1=CSC(C(=O)Nc2cccc(CNc3cccnc3N)c2)C1. The predicted molar refractivity (Wildman–Crippen MR) is 101 cm³/mol. The molecule has 124 valence electrons. The molecule has 0 spiro atoms. The molecule has 5 nitrogen and oxygen atoms in total. The van der Waals surface area contributed by atoms with Crippen molar-refractivity contribution < 1.29 is 4.79 Å². The van der Waals surface area contributed by atoms with Crippen LogP contribution in [0.5, 0.6) is 0 Å². The van der Waals surface area contributed by atoms with Crippen LogP contribution in [-0.2, 0) is 11.3 Å². The third-order valence-corrected chi connectivity index (χ3v) is 5.00. The molecule has 1 aliphatic rings. The summed E-state index contributed by atoms with van der Waals surface area (Å²) >= 11 is 1.58. The lowest BCUT2D eigenvalue weighted by molar-refractivity contribution is -0.115. The van der Waals surface area contributed by atoms with Crippen molar-refractivity contribution >= 4 is 34.9 Å². The number of hydrogen-bond acceptors (Lipinski definition) is 5. The molecule has 0 saturated carbocycles. The van der Waals surface area contributed by atoms with Gasteiger partial charge in [-0.1, -0.05) is 17.7 Å². The van der Waals surface area contributed by atoms with Crippen molar-refractivity contribution in [2.45, 2.75) is 25.1 Å². The summed E-state index contributed by atoms with van der Waals surface area (Å²) in [5.74, 6) is 0.526. The van der Waals surface area contributed by atoms with Gasteiger partial charge < -0.3 is 16.4 Å². The number of carbonyl (C=O) groups excluding carboxylic acids is 1. The van der Waals surface area contributed by atoms with Crippen molar-refractivity contribution in [3.63, 3.8) is 0 Å². The van der Waals surface area contributed by atoms with Crippen LogP contribution in [0, 0.1) is 0 Å². The molecule has 0 bridgehead atoms. The summed E-state index contributed by atoms with van der Waals surface area (Å²) in [6.45, 7) is 2.66. The highest BCUT2D eigenvalue weighted by molar-refractivity contribution is 8.03. The average Bonchev–Trinajstić information content (AvgIpc) is 3.01. The molecule has 1 atom stereocenters. The standard InChI is InChI=1S/C18H20N4OS/c1-12-8-16(24-11-12)18(23)22-14-5-2-4-13(9-14)10-21-15-6-3-7-20-17(15)19/h2-7,9,11,16,21H,8,10H2,1H3,(H2,19,20)(H,22,23). The molecule has 1 unspecified atom stereocenters. The number of carbonyl (C=O) groups is 1. The third-order valence-electron chi connectivity index (χ3n) is 3.75. The molecule has 0 aliphatic carbocycles. The Kier molecular flexibility index (Phi) is 5.05. The Labute approximate surface area is 145 Å². The van der Waals surface area contributed by atoms with Crippen LogP contribution in [0.1, 0.15) is 18.9 Å². The maximum absolute atomic E-state index is 12.3. The van der Waals surface area contributed by atoms with Crippen LogP contribution in [-0.4, -0.2) is 16.1 Å². The molecule has 0 fully saturated rings. The van der Waals surface area contributed by atoms with Gasteiger partial charge in [0.2, 0.25) is 5.91 Å². The van der Waals surface area contributed by atoms with E-state index in [2.05, 4.69) is 27.9 Å². The van der Waals surface area contributed by atoms with Gasteiger partial charge in [-0.3, -0.25) is 4.79 Å². The Balaban J connectivity index is 1.60. The molecular formula is C18H20N4OS. The molecule has 3 rings (SSSR count). The number of nitrogen functional groups attached to an aromatic ring is 1. The lowest BCUT2D eigenvalue weighted by Gasteiger charge is -2.12. The first-order valence-corrected chi connectivity index (χ1v) is 8.71. The van der Waals surface area contributed by atoms with Crippen LogP contribution in [0.3, 0.4) is 0 Å². The van der Waals surface area contributed by atoms with Gasteiger partial charge >= 0.3 is 0 Å². The lowest BCUT2D eigenvalue weighted by Crippen LogP contribution is -2.23. The summed E-state index contributed by atoms with van der Waals surface area (Å²) in [6, 6.07) is 11.5. The van der Waals surface area contributed by atoms with Crippen molar-refractivity contribution in [3.8, 4) is 0 Å². The average molecular weight is 340 g/mol. The van der Waals surface area contributed by atoms with E-state index in [9.17, 15) is 4.79 Å². The molecule has 24 heavy (non-hydrogen) atoms. The Morgan fingerprint density at radius 3 is 3.00 bits per heavy atom. The molecule has 0 radical (unpaired) electrons. The van der Waals surface area contributed by atoms with Crippen LogP contribution in [0.4, 0.5) is 17.2 Å². The van der Waals surface area contributed by atoms with Gasteiger partial charge in [-0.2, -0.15) is 0 Å². The van der Waals surface area contributed by atoms with Crippen LogP contribution in [0.15, 0.2) is 53.6 Å². The highest BCUT2D eigenvalue weighted by Crippen LogP contribution is 2.30. The molecule has 2 heterocycles. The second kappa shape index (κ2) is 7.40. The van der Waals surface area contributed by atoms with Gasteiger partial charge in [-0.05, 0) is 48.6 Å². The smallest absolute Gasteiger partial charge is 0.238 e. The fraction of sp³-hybridized carbons (Fsp3) is 0.222. The number of nitrogens with zero attached hydrogens (tertiary/aromatic N) is 1. The number of amides is 1. The summed E-state index contributed by atoms with van der Waals surface area (Å²) < 4.78 is 0. The molecule has 1 amide bonds. The van der Waals surface area contributed by atoms with Crippen molar-refractivity contribution in [2.24, 2.45) is 0 Å². The first-order valence-electron chi connectivity index (χ1n) is 7.77. The fourth-order valence-electron chi connectivity index (χ4n) is 2.49. The molecule has 0 saturated heterocycles. The minimum absolute atomic E-state index is 0.0260. The molecule has 6 heteroatoms. The van der Waals surface area contributed by atoms with Gasteiger partial charge in [0.1, 0.15) is 5.82 Å². The zero-order valence-corrected chi connectivity index (χ0v) is 14.3. The number of anilines is 3. The maximum Gasteiger partial charge on any atom is 0.238 e. The van der Waals surface area contributed by atoms with Crippen LogP contribution < -0.4 is 16.4 Å². The van der Waals surface area contributed by atoms with Gasteiger partial charge in [-0.15, -0.1) is 11.8 Å². The van der Waals surface area contributed by atoms with E-state index in [0.717, 1.165) is 23.4 Å². The first-order chi connectivity index (χ1) is 11.6. The summed E-state index contributed by atoms with van der Waals surface area (Å²) in [7, 11) is 0. The van der Waals surface area contributed by atoms with E-state index in [-0.39, 0.29) is 11.2 Å². The normalized spacial score (nSPS) is 16.5. The van der Waals surface area contributed by atoms with Crippen molar-refractivity contribution in [2.75, 3.05) is 16.4 Å². The number of allylic oxidation sites excluding steroid dienone is 1. The molecule has 1 aromatic carbocycles. The zero-order chi connectivity index (χ0) is 16.9. The fourth-order valence-corrected chi connectivity index (χ4v) is 3.52. The minimum atomic E-state index is -0.0260. The molecule has 2 aromatic rings. The molecular weight excluding hydrogens is 320 g/mol. The van der Waals surface area contributed by atoms with Crippen LogP contribution in [0.25, 0.3) is 0 Å². The van der Waals surface area contributed by atoms with E-state index < -0.39 is 0 Å². The number of rotatable bonds is 5. The maximum atomic E-state index is 12.3. The third kappa shape index (κ3) is 4.08. The van der Waals surface area contributed by atoms with E-state index in [0.29, 0.717) is 12.4 Å². The summed E-state index contributed by atoms with van der Waals surface area (Å²) in [4.78, 5) is 16.3. The largest absolute Gasteiger partial charge is 0.382 e. The number of nitrogens with two attached hydrogens (primary N) is 1. The van der Waals surface area contributed by atoms with Crippen molar-refractivity contribution in [1.29, 1.82) is 0 Å². The van der Waals surface area contributed by atoms with E-state index >= 15 is 0 Å². The lowest BCUT2D eigenvalue weighted by atomic mass is 10.1. The number of aromatic nitrogens is 1. The molecule has 1 aliphatic heterocycles. The number of thioether (sulfide) groups is 1. The van der Waals surface area contributed by atoms with Gasteiger partial charge in [0.15, 0.2) is 0 Å². The second-order valence-electron chi connectivity index (χ2n) is 5.77. The number of hydrogen-bond donors (Lipinski definition) is 3. The predicted octanol–water partition coefficient (Wildman–Crippen LogP) is 3.62. The van der Waals surface area contributed by atoms with E-state index in [1.165, 1.54) is 5.57 Å². The van der Waals surface area contributed by atoms with Crippen molar-refractivity contribution in [1.82, 2.24) is 4.98 Å². The number of pyridine rings is 1. The quantitative estimate of drug-likeness (QED) is 0.774. The first kappa shape index (κ1) is 16.4.